The maximum atomic E-state index is 5.78. The molecule has 5 heteroatoms. The largest absolute Gasteiger partial charge is 0.376 e. The quantitative estimate of drug-likeness (QED) is 0.864. The van der Waals surface area contributed by atoms with Gasteiger partial charge in [0.2, 0.25) is 0 Å². The summed E-state index contributed by atoms with van der Waals surface area (Å²) in [6.45, 7) is 0.472. The lowest BCUT2D eigenvalue weighted by atomic mass is 10.3. The Bertz CT molecular complexity index is 553. The average Bonchev–Trinajstić information content (AvgIpc) is 3.08. The van der Waals surface area contributed by atoms with Gasteiger partial charge in [0.1, 0.15) is 11.3 Å². The Kier molecular flexibility index (Phi) is 2.29. The molecule has 3 rings (SSSR count). The van der Waals surface area contributed by atoms with E-state index in [2.05, 4.69) is 19.4 Å². The number of anilines is 1. The van der Waals surface area contributed by atoms with E-state index >= 15 is 0 Å². The molecule has 0 radical (unpaired) electrons. The van der Waals surface area contributed by atoms with E-state index in [1.165, 1.54) is 12.8 Å². The van der Waals surface area contributed by atoms with Crippen molar-refractivity contribution in [3.63, 3.8) is 0 Å². The van der Waals surface area contributed by atoms with Crippen molar-refractivity contribution in [3.8, 4) is 0 Å². The van der Waals surface area contributed by atoms with Crippen LogP contribution in [0.15, 0.2) is 12.3 Å². The Morgan fingerprint density at radius 1 is 1.47 bits per heavy atom. The van der Waals surface area contributed by atoms with Crippen molar-refractivity contribution in [1.82, 2.24) is 14.5 Å². The predicted molar refractivity (Wildman–Crippen MR) is 68.0 cm³/mol. The summed E-state index contributed by atoms with van der Waals surface area (Å²) < 4.78 is 2.21. The van der Waals surface area contributed by atoms with Crippen LogP contribution in [0.25, 0.3) is 11.2 Å². The number of nitrogens with zero attached hydrogens (tertiary/aromatic N) is 4. The van der Waals surface area contributed by atoms with Gasteiger partial charge in [0.25, 0.3) is 0 Å². The van der Waals surface area contributed by atoms with Gasteiger partial charge in [-0.1, -0.05) is 0 Å². The number of fused-ring (bicyclic) bond motifs is 1. The average molecular weight is 231 g/mol. The molecule has 1 fully saturated rings. The topological polar surface area (TPSA) is 60.0 Å². The molecule has 0 unspecified atom stereocenters. The molecule has 0 bridgehead atoms. The molecule has 90 valence electrons. The van der Waals surface area contributed by atoms with Gasteiger partial charge < -0.3 is 15.2 Å². The van der Waals surface area contributed by atoms with Crippen LogP contribution in [-0.2, 0) is 6.54 Å². The third-order valence-corrected chi connectivity index (χ3v) is 3.21. The third-order valence-electron chi connectivity index (χ3n) is 3.21. The minimum absolute atomic E-state index is 0.472. The van der Waals surface area contributed by atoms with Crippen LogP contribution < -0.4 is 10.6 Å². The highest BCUT2D eigenvalue weighted by molar-refractivity contribution is 5.86. The number of imidazole rings is 1. The van der Waals surface area contributed by atoms with Crippen molar-refractivity contribution in [2.45, 2.75) is 25.4 Å². The fourth-order valence-electron chi connectivity index (χ4n) is 2.24. The van der Waals surface area contributed by atoms with Crippen LogP contribution in [0.3, 0.4) is 0 Å². The van der Waals surface area contributed by atoms with Crippen molar-refractivity contribution in [2.24, 2.45) is 5.73 Å². The highest BCUT2D eigenvalue weighted by atomic mass is 15.2. The standard InChI is InChI=1S/C12H17N5/c1-16(2)9-5-6-14-12-11(9)15-10(7-13)17(12)8-3-4-8/h5-6,8H,3-4,7,13H2,1-2H3. The Morgan fingerprint density at radius 3 is 2.82 bits per heavy atom. The van der Waals surface area contributed by atoms with E-state index < -0.39 is 0 Å². The Balaban J connectivity index is 2.28. The van der Waals surface area contributed by atoms with Crippen molar-refractivity contribution in [3.05, 3.63) is 18.1 Å². The van der Waals surface area contributed by atoms with E-state index in [9.17, 15) is 0 Å². The Morgan fingerprint density at radius 2 is 2.24 bits per heavy atom. The molecule has 2 aromatic rings. The molecule has 2 N–H and O–H groups in total. The van der Waals surface area contributed by atoms with Gasteiger partial charge in [-0.25, -0.2) is 9.97 Å². The van der Waals surface area contributed by atoms with Crippen LogP contribution >= 0.6 is 0 Å². The van der Waals surface area contributed by atoms with Gasteiger partial charge in [0, 0.05) is 26.3 Å². The van der Waals surface area contributed by atoms with Crippen molar-refractivity contribution >= 4 is 16.9 Å². The minimum atomic E-state index is 0.472. The zero-order valence-corrected chi connectivity index (χ0v) is 10.2. The molecular weight excluding hydrogens is 214 g/mol. The fourth-order valence-corrected chi connectivity index (χ4v) is 2.24. The van der Waals surface area contributed by atoms with Crippen LogP contribution in [0, 0.1) is 0 Å². The molecule has 2 aromatic heterocycles. The SMILES string of the molecule is CN(C)c1ccnc2c1nc(CN)n2C1CC1. The lowest BCUT2D eigenvalue weighted by Gasteiger charge is -2.12. The summed E-state index contributed by atoms with van der Waals surface area (Å²) in [5, 5.41) is 0. The lowest BCUT2D eigenvalue weighted by Crippen LogP contribution is -2.09. The zero-order chi connectivity index (χ0) is 12.0. The van der Waals surface area contributed by atoms with Crippen LogP contribution in [0.4, 0.5) is 5.69 Å². The first-order valence-electron chi connectivity index (χ1n) is 5.95. The Hall–Kier alpha value is -1.62. The van der Waals surface area contributed by atoms with Gasteiger partial charge in [0.15, 0.2) is 5.65 Å². The third kappa shape index (κ3) is 1.58. The second kappa shape index (κ2) is 3.70. The minimum Gasteiger partial charge on any atom is -0.376 e. The summed E-state index contributed by atoms with van der Waals surface area (Å²) >= 11 is 0. The lowest BCUT2D eigenvalue weighted by molar-refractivity contribution is 0.695. The predicted octanol–water partition coefficient (Wildman–Crippen LogP) is 1.29. The summed E-state index contributed by atoms with van der Waals surface area (Å²) in [5.74, 6) is 0.948. The van der Waals surface area contributed by atoms with Gasteiger partial charge in [-0.15, -0.1) is 0 Å². The van der Waals surface area contributed by atoms with Crippen LogP contribution in [0.5, 0.6) is 0 Å². The van der Waals surface area contributed by atoms with E-state index in [0.717, 1.165) is 22.7 Å². The maximum Gasteiger partial charge on any atom is 0.162 e. The molecule has 1 aliphatic carbocycles. The van der Waals surface area contributed by atoms with Crippen LogP contribution in [0.2, 0.25) is 0 Å². The second-order valence-electron chi connectivity index (χ2n) is 4.73. The van der Waals surface area contributed by atoms with E-state index in [0.29, 0.717) is 12.6 Å². The number of hydrogen-bond acceptors (Lipinski definition) is 4. The smallest absolute Gasteiger partial charge is 0.162 e. The molecule has 17 heavy (non-hydrogen) atoms. The molecule has 0 saturated heterocycles. The summed E-state index contributed by atoms with van der Waals surface area (Å²) in [4.78, 5) is 11.2. The number of hydrogen-bond donors (Lipinski definition) is 1. The second-order valence-corrected chi connectivity index (χ2v) is 4.73. The highest BCUT2D eigenvalue weighted by Crippen LogP contribution is 2.39. The van der Waals surface area contributed by atoms with Crippen molar-refractivity contribution < 1.29 is 0 Å². The normalized spacial score (nSPS) is 15.5. The monoisotopic (exact) mass is 231 g/mol. The molecule has 0 amide bonds. The number of nitrogens with two attached hydrogens (primary N) is 1. The summed E-state index contributed by atoms with van der Waals surface area (Å²) in [7, 11) is 4.04. The molecular formula is C12H17N5. The summed E-state index contributed by atoms with van der Waals surface area (Å²) in [6.07, 6.45) is 4.27. The molecule has 0 aliphatic heterocycles. The molecule has 5 nitrogen and oxygen atoms in total. The molecule has 0 atom stereocenters. The fraction of sp³-hybridized carbons (Fsp3) is 0.500. The first-order chi connectivity index (χ1) is 8.22. The van der Waals surface area contributed by atoms with Crippen LogP contribution in [-0.4, -0.2) is 28.6 Å². The molecule has 0 spiro atoms. The van der Waals surface area contributed by atoms with E-state index in [1.807, 2.05) is 26.4 Å². The molecule has 2 heterocycles. The first kappa shape index (κ1) is 10.5. The first-order valence-corrected chi connectivity index (χ1v) is 5.95. The van der Waals surface area contributed by atoms with E-state index in [1.54, 1.807) is 0 Å². The van der Waals surface area contributed by atoms with Gasteiger partial charge in [0.05, 0.1) is 12.2 Å². The maximum absolute atomic E-state index is 5.78. The number of rotatable bonds is 3. The van der Waals surface area contributed by atoms with Gasteiger partial charge >= 0.3 is 0 Å². The van der Waals surface area contributed by atoms with Gasteiger partial charge in [-0.3, -0.25) is 0 Å². The van der Waals surface area contributed by atoms with Crippen molar-refractivity contribution in [2.75, 3.05) is 19.0 Å². The zero-order valence-electron chi connectivity index (χ0n) is 10.2. The van der Waals surface area contributed by atoms with E-state index in [4.69, 9.17) is 5.73 Å². The summed E-state index contributed by atoms with van der Waals surface area (Å²) in [6, 6.07) is 2.55. The number of aromatic nitrogens is 3. The van der Waals surface area contributed by atoms with Gasteiger partial charge in [-0.05, 0) is 18.9 Å². The van der Waals surface area contributed by atoms with E-state index in [-0.39, 0.29) is 0 Å². The molecule has 1 aliphatic rings. The highest BCUT2D eigenvalue weighted by Gasteiger charge is 2.29. The van der Waals surface area contributed by atoms with Crippen LogP contribution in [0.1, 0.15) is 24.7 Å². The van der Waals surface area contributed by atoms with Crippen molar-refractivity contribution in [1.29, 1.82) is 0 Å². The Labute approximate surface area is 100 Å². The molecule has 1 saturated carbocycles. The summed E-state index contributed by atoms with van der Waals surface area (Å²) in [5.41, 5.74) is 8.82. The van der Waals surface area contributed by atoms with Gasteiger partial charge in [-0.2, -0.15) is 0 Å². The molecule has 0 aromatic carbocycles. The number of pyridine rings is 1.